The van der Waals surface area contributed by atoms with Crippen LogP contribution in [0.25, 0.3) is 0 Å². The normalized spacial score (nSPS) is 24.6. The molecule has 17 heavy (non-hydrogen) atoms. The minimum atomic E-state index is -0.0474. The van der Waals surface area contributed by atoms with Crippen molar-refractivity contribution >= 4 is 17.2 Å². The highest BCUT2D eigenvalue weighted by Crippen LogP contribution is 2.17. The molecule has 1 N–H and O–H groups in total. The van der Waals surface area contributed by atoms with E-state index in [9.17, 15) is 4.79 Å². The van der Waals surface area contributed by atoms with Crippen LogP contribution in [0.4, 0.5) is 0 Å². The van der Waals surface area contributed by atoms with Gasteiger partial charge in [0.1, 0.15) is 6.10 Å². The van der Waals surface area contributed by atoms with Crippen molar-refractivity contribution in [2.75, 3.05) is 20.3 Å². The lowest BCUT2D eigenvalue weighted by molar-refractivity contribution is -0.0478. The molecule has 0 aliphatic carbocycles. The Hall–Kier alpha value is -0.910. The predicted molar refractivity (Wildman–Crippen MR) is 66.5 cm³/mol. The maximum atomic E-state index is 12.0. The molecule has 4 nitrogen and oxygen atoms in total. The van der Waals surface area contributed by atoms with Gasteiger partial charge in [0.2, 0.25) is 0 Å². The van der Waals surface area contributed by atoms with Gasteiger partial charge in [-0.1, -0.05) is 0 Å². The van der Waals surface area contributed by atoms with E-state index in [0.29, 0.717) is 13.2 Å². The van der Waals surface area contributed by atoms with Crippen LogP contribution in [0.1, 0.15) is 21.0 Å². The van der Waals surface area contributed by atoms with E-state index in [4.69, 9.17) is 9.47 Å². The van der Waals surface area contributed by atoms with E-state index in [1.807, 2.05) is 19.1 Å². The standard InChI is InChI=1S/C12H17NO3S/c1-8-3-4-11(17-8)12(14)13-9-5-6-16-7-10(9)15-2/h3-4,9-10H,5-7H2,1-2H3,(H,13,14)/t9-,10-/m0/s1. The molecule has 1 aromatic rings. The van der Waals surface area contributed by atoms with Gasteiger partial charge in [0.15, 0.2) is 0 Å². The number of nitrogens with one attached hydrogen (secondary N) is 1. The van der Waals surface area contributed by atoms with Crippen LogP contribution < -0.4 is 5.32 Å². The van der Waals surface area contributed by atoms with Crippen molar-refractivity contribution in [1.29, 1.82) is 0 Å². The Labute approximate surface area is 105 Å². The van der Waals surface area contributed by atoms with Gasteiger partial charge in [0.25, 0.3) is 5.91 Å². The van der Waals surface area contributed by atoms with Crippen LogP contribution >= 0.6 is 11.3 Å². The van der Waals surface area contributed by atoms with Gasteiger partial charge in [-0.15, -0.1) is 11.3 Å². The summed E-state index contributed by atoms with van der Waals surface area (Å²) in [5, 5.41) is 3.02. The molecule has 0 saturated carbocycles. The zero-order valence-corrected chi connectivity index (χ0v) is 10.9. The lowest BCUT2D eigenvalue weighted by Gasteiger charge is -2.30. The van der Waals surface area contributed by atoms with E-state index >= 15 is 0 Å². The molecule has 1 aromatic heterocycles. The first-order chi connectivity index (χ1) is 8.20. The second kappa shape index (κ2) is 5.62. The highest BCUT2D eigenvalue weighted by Gasteiger charge is 2.27. The summed E-state index contributed by atoms with van der Waals surface area (Å²) in [6, 6.07) is 3.86. The Morgan fingerprint density at radius 2 is 2.41 bits per heavy atom. The number of ether oxygens (including phenoxy) is 2. The second-order valence-corrected chi connectivity index (χ2v) is 5.42. The minimum Gasteiger partial charge on any atom is -0.379 e. The Bertz CT molecular complexity index is 391. The monoisotopic (exact) mass is 255 g/mol. The zero-order chi connectivity index (χ0) is 12.3. The highest BCUT2D eigenvalue weighted by molar-refractivity contribution is 7.13. The average molecular weight is 255 g/mol. The van der Waals surface area contributed by atoms with Crippen LogP contribution in [0.3, 0.4) is 0 Å². The first-order valence-electron chi connectivity index (χ1n) is 5.68. The van der Waals surface area contributed by atoms with Crippen molar-refractivity contribution in [3.63, 3.8) is 0 Å². The molecule has 1 saturated heterocycles. The molecule has 0 radical (unpaired) electrons. The molecular weight excluding hydrogens is 238 g/mol. The van der Waals surface area contributed by atoms with Crippen LogP contribution in [0, 0.1) is 6.92 Å². The van der Waals surface area contributed by atoms with Crippen LogP contribution in [-0.2, 0) is 9.47 Å². The Kier molecular flexibility index (Phi) is 4.15. The summed E-state index contributed by atoms with van der Waals surface area (Å²) in [5.41, 5.74) is 0. The maximum Gasteiger partial charge on any atom is 0.261 e. The fourth-order valence-electron chi connectivity index (χ4n) is 1.91. The van der Waals surface area contributed by atoms with E-state index in [2.05, 4.69) is 5.32 Å². The van der Waals surface area contributed by atoms with Gasteiger partial charge in [0.05, 0.1) is 17.5 Å². The molecule has 0 aromatic carbocycles. The van der Waals surface area contributed by atoms with E-state index in [1.54, 1.807) is 7.11 Å². The van der Waals surface area contributed by atoms with Crippen LogP contribution in [-0.4, -0.2) is 38.4 Å². The molecule has 0 bridgehead atoms. The summed E-state index contributed by atoms with van der Waals surface area (Å²) >= 11 is 1.51. The summed E-state index contributed by atoms with van der Waals surface area (Å²) in [7, 11) is 1.65. The summed E-state index contributed by atoms with van der Waals surface area (Å²) in [4.78, 5) is 13.9. The van der Waals surface area contributed by atoms with Crippen molar-refractivity contribution in [2.45, 2.75) is 25.5 Å². The fraction of sp³-hybridized carbons (Fsp3) is 0.583. The van der Waals surface area contributed by atoms with E-state index in [0.717, 1.165) is 16.2 Å². The van der Waals surface area contributed by atoms with Crippen LogP contribution in [0.5, 0.6) is 0 Å². The molecule has 5 heteroatoms. The molecular formula is C12H17NO3S. The number of methoxy groups -OCH3 is 1. The summed E-state index contributed by atoms with van der Waals surface area (Å²) in [6.07, 6.45) is 0.753. The van der Waals surface area contributed by atoms with E-state index in [1.165, 1.54) is 11.3 Å². The van der Waals surface area contributed by atoms with Crippen molar-refractivity contribution in [3.8, 4) is 0 Å². The van der Waals surface area contributed by atoms with Gasteiger partial charge in [-0.2, -0.15) is 0 Å². The first-order valence-corrected chi connectivity index (χ1v) is 6.50. The molecule has 1 aliphatic heterocycles. The van der Waals surface area contributed by atoms with Crippen molar-refractivity contribution in [1.82, 2.24) is 5.32 Å². The van der Waals surface area contributed by atoms with Gasteiger partial charge >= 0.3 is 0 Å². The lowest BCUT2D eigenvalue weighted by Crippen LogP contribution is -2.49. The Morgan fingerprint density at radius 1 is 1.59 bits per heavy atom. The van der Waals surface area contributed by atoms with Crippen LogP contribution in [0.2, 0.25) is 0 Å². The second-order valence-electron chi connectivity index (χ2n) is 4.13. The topological polar surface area (TPSA) is 47.6 Å². The Morgan fingerprint density at radius 3 is 3.06 bits per heavy atom. The number of aryl methyl sites for hydroxylation is 1. The fourth-order valence-corrected chi connectivity index (χ4v) is 2.68. The molecule has 1 fully saturated rings. The SMILES string of the molecule is CO[C@H]1COCC[C@@H]1NC(=O)c1ccc(C)s1. The van der Waals surface area contributed by atoms with Gasteiger partial charge in [-0.3, -0.25) is 4.79 Å². The van der Waals surface area contributed by atoms with Crippen molar-refractivity contribution in [3.05, 3.63) is 21.9 Å². The number of thiophene rings is 1. The number of amides is 1. The van der Waals surface area contributed by atoms with Crippen LogP contribution in [0.15, 0.2) is 12.1 Å². The maximum absolute atomic E-state index is 12.0. The summed E-state index contributed by atoms with van der Waals surface area (Å²) in [6.45, 7) is 3.22. The first kappa shape index (κ1) is 12.5. The Balaban J connectivity index is 1.97. The predicted octanol–water partition coefficient (Wildman–Crippen LogP) is 1.59. The molecule has 1 aliphatic rings. The lowest BCUT2D eigenvalue weighted by atomic mass is 10.1. The quantitative estimate of drug-likeness (QED) is 0.892. The third kappa shape index (κ3) is 3.06. The number of carbonyl (C=O) groups is 1. The molecule has 1 amide bonds. The number of hydrogen-bond acceptors (Lipinski definition) is 4. The summed E-state index contributed by atoms with van der Waals surface area (Å²) in [5.74, 6) is -0.0166. The molecule has 94 valence electrons. The summed E-state index contributed by atoms with van der Waals surface area (Å²) < 4.78 is 10.6. The number of rotatable bonds is 3. The third-order valence-corrected chi connectivity index (χ3v) is 3.89. The number of carbonyl (C=O) groups excluding carboxylic acids is 1. The minimum absolute atomic E-state index is 0.0166. The molecule has 0 spiro atoms. The smallest absolute Gasteiger partial charge is 0.261 e. The molecule has 2 heterocycles. The number of hydrogen-bond donors (Lipinski definition) is 1. The van der Waals surface area contributed by atoms with Gasteiger partial charge in [0, 0.05) is 18.6 Å². The zero-order valence-electron chi connectivity index (χ0n) is 10.1. The van der Waals surface area contributed by atoms with Gasteiger partial charge < -0.3 is 14.8 Å². The third-order valence-electron chi connectivity index (χ3n) is 2.89. The van der Waals surface area contributed by atoms with E-state index in [-0.39, 0.29) is 18.1 Å². The van der Waals surface area contributed by atoms with E-state index < -0.39 is 0 Å². The molecule has 2 atom stereocenters. The van der Waals surface area contributed by atoms with Crippen molar-refractivity contribution in [2.24, 2.45) is 0 Å². The largest absolute Gasteiger partial charge is 0.379 e. The van der Waals surface area contributed by atoms with Gasteiger partial charge in [-0.05, 0) is 25.5 Å². The molecule has 0 unspecified atom stereocenters. The molecule has 2 rings (SSSR count). The van der Waals surface area contributed by atoms with Gasteiger partial charge in [-0.25, -0.2) is 0 Å². The van der Waals surface area contributed by atoms with Crippen molar-refractivity contribution < 1.29 is 14.3 Å². The average Bonchev–Trinajstić information content (AvgIpc) is 2.77. The highest BCUT2D eigenvalue weighted by atomic mass is 32.1.